The Labute approximate surface area is 420 Å². The SMILES string of the molecule is C=C(c1ccc(C)cc1)c1c(-n2c(C)nnc2CC)sc(C)c1C.CC.CC.CCC1CCC(=O)NC1=O.CCCC.CCc1c(OCC(=O)NCCCCNC(C)=C2CCC2)cccc1C(C)=O. The molecule has 0 radical (unpaired) electrons. The molecule has 3 N–H and O–H groups in total. The second-order valence-corrected chi connectivity index (χ2v) is 18.0. The average Bonchev–Trinajstić information content (AvgIpc) is 3.86. The van der Waals surface area contributed by atoms with Crippen molar-refractivity contribution in [2.75, 3.05) is 19.7 Å². The Bertz CT molecular complexity index is 2230. The normalized spacial score (nSPS) is 13.3. The number of nitrogens with one attached hydrogen (secondary N) is 3. The van der Waals surface area contributed by atoms with Gasteiger partial charge in [0.15, 0.2) is 12.4 Å². The number of aryl methyl sites for hydroxylation is 4. The number of hydrogen-bond donors (Lipinski definition) is 3. The van der Waals surface area contributed by atoms with Crippen LogP contribution in [-0.4, -0.2) is 58.0 Å². The van der Waals surface area contributed by atoms with Gasteiger partial charge in [-0.25, -0.2) is 0 Å². The van der Waals surface area contributed by atoms with E-state index in [4.69, 9.17) is 4.74 Å². The summed E-state index contributed by atoms with van der Waals surface area (Å²) in [5.41, 5.74) is 10.4. The molecule has 2 aromatic carbocycles. The first-order valence-corrected chi connectivity index (χ1v) is 26.5. The van der Waals surface area contributed by atoms with E-state index in [-0.39, 0.29) is 36.0 Å². The molecule has 382 valence electrons. The molecule has 1 aliphatic carbocycles. The van der Waals surface area contributed by atoms with Crippen molar-refractivity contribution in [1.29, 1.82) is 0 Å². The van der Waals surface area contributed by atoms with E-state index in [2.05, 4.69) is 110 Å². The molecule has 3 amide bonds. The summed E-state index contributed by atoms with van der Waals surface area (Å²) in [5.74, 6) is 2.25. The number of hydrogen-bond acceptors (Lipinski definition) is 9. The number of ether oxygens (including phenoxy) is 1. The van der Waals surface area contributed by atoms with Crippen LogP contribution in [-0.2, 0) is 27.2 Å². The van der Waals surface area contributed by atoms with E-state index >= 15 is 0 Å². The second kappa shape index (κ2) is 34.0. The van der Waals surface area contributed by atoms with E-state index in [0.717, 1.165) is 67.0 Å². The highest BCUT2D eigenvalue weighted by molar-refractivity contribution is 7.15. The number of piperidine rings is 1. The third kappa shape index (κ3) is 19.9. The average molecular weight is 969 g/mol. The monoisotopic (exact) mass is 969 g/mol. The first-order valence-electron chi connectivity index (χ1n) is 25.7. The van der Waals surface area contributed by atoms with Crippen LogP contribution in [0, 0.1) is 33.6 Å². The van der Waals surface area contributed by atoms with Crippen molar-refractivity contribution >= 4 is 40.4 Å². The number of nitrogens with zero attached hydrogens (tertiary/aromatic N) is 3. The van der Waals surface area contributed by atoms with Gasteiger partial charge in [0.25, 0.3) is 5.91 Å². The van der Waals surface area contributed by atoms with Crippen LogP contribution in [0.5, 0.6) is 5.75 Å². The van der Waals surface area contributed by atoms with E-state index in [9.17, 15) is 19.2 Å². The van der Waals surface area contributed by atoms with Crippen molar-refractivity contribution in [2.45, 2.75) is 181 Å². The number of aromatic nitrogens is 3. The third-order valence-electron chi connectivity index (χ3n) is 11.9. The Morgan fingerprint density at radius 1 is 0.841 bits per heavy atom. The van der Waals surface area contributed by atoms with Gasteiger partial charge in [-0.1, -0.05) is 129 Å². The summed E-state index contributed by atoms with van der Waals surface area (Å²) in [6.45, 7) is 36.5. The lowest BCUT2D eigenvalue weighted by Crippen LogP contribution is -2.40. The fourth-order valence-corrected chi connectivity index (χ4v) is 8.50. The zero-order chi connectivity index (χ0) is 52.1. The van der Waals surface area contributed by atoms with Crippen LogP contribution >= 0.6 is 11.3 Å². The van der Waals surface area contributed by atoms with Crippen LogP contribution in [0.15, 0.2) is 60.3 Å². The van der Waals surface area contributed by atoms with Gasteiger partial charge in [0.2, 0.25) is 11.8 Å². The minimum absolute atomic E-state index is 0.0125. The molecule has 1 saturated heterocycles. The summed E-state index contributed by atoms with van der Waals surface area (Å²) in [7, 11) is 0. The maximum absolute atomic E-state index is 12.0. The number of rotatable bonds is 17. The van der Waals surface area contributed by atoms with Crippen molar-refractivity contribution < 1.29 is 23.9 Å². The summed E-state index contributed by atoms with van der Waals surface area (Å²) in [6.07, 6.45) is 12.0. The van der Waals surface area contributed by atoms with Crippen LogP contribution in [0.25, 0.3) is 10.6 Å². The van der Waals surface area contributed by atoms with Gasteiger partial charge >= 0.3 is 0 Å². The summed E-state index contributed by atoms with van der Waals surface area (Å²) in [6, 6.07) is 14.0. The van der Waals surface area contributed by atoms with E-state index in [0.29, 0.717) is 30.7 Å². The van der Waals surface area contributed by atoms with Gasteiger partial charge in [0, 0.05) is 59.1 Å². The summed E-state index contributed by atoms with van der Waals surface area (Å²) in [5, 5.41) is 18.4. The van der Waals surface area contributed by atoms with Gasteiger partial charge in [0.1, 0.15) is 22.4 Å². The number of thiophene rings is 1. The lowest BCUT2D eigenvalue weighted by molar-refractivity contribution is -0.136. The Kier molecular flexibility index (Phi) is 30.4. The van der Waals surface area contributed by atoms with Crippen molar-refractivity contribution in [1.82, 2.24) is 30.7 Å². The minimum atomic E-state index is -0.133. The molecule has 6 rings (SSSR count). The number of carbonyl (C=O) groups is 4. The molecule has 1 aliphatic heterocycles. The third-order valence-corrected chi connectivity index (χ3v) is 13.0. The largest absolute Gasteiger partial charge is 0.483 e. The van der Waals surface area contributed by atoms with Crippen LogP contribution in [0.2, 0.25) is 0 Å². The fourth-order valence-electron chi connectivity index (χ4n) is 7.25. The summed E-state index contributed by atoms with van der Waals surface area (Å²) in [4.78, 5) is 46.5. The predicted molar refractivity (Wildman–Crippen MR) is 290 cm³/mol. The number of carbonyl (C=O) groups excluding carboxylic acids is 4. The van der Waals surface area contributed by atoms with Gasteiger partial charge in [-0.2, -0.15) is 0 Å². The number of unbranched alkanes of at least 4 members (excludes halogenated alkanes) is 2. The number of allylic oxidation sites excluding steroid dienone is 2. The molecule has 0 spiro atoms. The zero-order valence-electron chi connectivity index (χ0n) is 45.2. The zero-order valence-corrected chi connectivity index (χ0v) is 46.0. The molecule has 2 aliphatic rings. The molecule has 1 atom stereocenters. The minimum Gasteiger partial charge on any atom is -0.483 e. The Morgan fingerprint density at radius 2 is 1.46 bits per heavy atom. The topological polar surface area (TPSA) is 144 Å². The molecule has 1 unspecified atom stereocenters. The standard InChI is InChI=1S/C22H32N2O3.C20H23N3S.C7H11NO2.C4H10.2C2H6/c1-4-19-20(17(3)25)11-8-12-21(19)27-15-22(26)24-14-6-5-13-23-16(2)18-9-7-10-18;1-7-18-22-21-16(6)23(18)20-19(13(3)15(5)24-20)14(4)17-10-8-12(2)9-11-17;1-2-5-3-4-6(9)8-7(5)10;1-3-4-2;2*1-2/h8,11-12,23H,4-7,9-10,13-15H2,1-3H3,(H,24,26);8-11H,4,7H2,1-3,5-6H3;5H,2-4H2,1H3,(H,8,9,10);3-4H2,1-2H3;2*1-2H3. The maximum Gasteiger partial charge on any atom is 0.257 e. The summed E-state index contributed by atoms with van der Waals surface area (Å²) < 4.78 is 7.83. The molecule has 12 heteroatoms. The van der Waals surface area contributed by atoms with Gasteiger partial charge in [0.05, 0.1) is 0 Å². The molecule has 0 bridgehead atoms. The molecule has 11 nitrogen and oxygen atoms in total. The highest BCUT2D eigenvalue weighted by Crippen LogP contribution is 2.39. The van der Waals surface area contributed by atoms with E-state index in [1.54, 1.807) is 36.0 Å². The van der Waals surface area contributed by atoms with E-state index in [1.807, 2.05) is 54.5 Å². The molecular formula is C57H88N6O5S. The van der Waals surface area contributed by atoms with Gasteiger partial charge in [-0.05, 0) is 116 Å². The van der Waals surface area contributed by atoms with Crippen LogP contribution in [0.1, 0.15) is 195 Å². The molecular weight excluding hydrogens is 881 g/mol. The Balaban J connectivity index is 0.000000514. The quantitative estimate of drug-likeness (QED) is 0.0539. The molecule has 69 heavy (non-hydrogen) atoms. The molecule has 1 saturated carbocycles. The number of benzene rings is 2. The first kappa shape index (κ1) is 61.7. The molecule has 4 aromatic rings. The number of amides is 3. The maximum atomic E-state index is 12.0. The van der Waals surface area contributed by atoms with Crippen LogP contribution in [0.4, 0.5) is 0 Å². The number of imide groups is 1. The van der Waals surface area contributed by atoms with Gasteiger partial charge < -0.3 is 15.4 Å². The van der Waals surface area contributed by atoms with Crippen molar-refractivity contribution in [3.63, 3.8) is 0 Å². The lowest BCUT2D eigenvalue weighted by atomic mass is 9.91. The molecule has 3 heterocycles. The Morgan fingerprint density at radius 3 is 1.99 bits per heavy atom. The Hall–Kier alpha value is -5.36. The number of ketones is 1. The van der Waals surface area contributed by atoms with Crippen LogP contribution in [0.3, 0.4) is 0 Å². The smallest absolute Gasteiger partial charge is 0.257 e. The van der Waals surface area contributed by atoms with Crippen molar-refractivity contribution in [2.24, 2.45) is 5.92 Å². The highest BCUT2D eigenvalue weighted by Gasteiger charge is 2.24. The highest BCUT2D eigenvalue weighted by atomic mass is 32.1. The van der Waals surface area contributed by atoms with Crippen molar-refractivity contribution in [3.05, 3.63) is 110 Å². The second-order valence-electron chi connectivity index (χ2n) is 16.8. The van der Waals surface area contributed by atoms with E-state index < -0.39 is 0 Å². The van der Waals surface area contributed by atoms with Crippen LogP contribution < -0.4 is 20.7 Å². The van der Waals surface area contributed by atoms with Crippen molar-refractivity contribution in [3.8, 4) is 10.8 Å². The van der Waals surface area contributed by atoms with Gasteiger partial charge in [-0.3, -0.25) is 29.1 Å². The molecule has 2 aromatic heterocycles. The van der Waals surface area contributed by atoms with Gasteiger partial charge in [-0.15, -0.1) is 21.5 Å². The predicted octanol–water partition coefficient (Wildman–Crippen LogP) is 13.3. The molecule has 2 fully saturated rings. The summed E-state index contributed by atoms with van der Waals surface area (Å²) >= 11 is 1.79. The fraction of sp³-hybridized carbons (Fsp3) is 0.544. The van der Waals surface area contributed by atoms with E-state index in [1.165, 1.54) is 64.4 Å². The lowest BCUT2D eigenvalue weighted by Gasteiger charge is -2.20. The number of Topliss-reactive ketones (excluding diaryl/α,β-unsaturated/α-hetero) is 1. The first-order chi connectivity index (χ1) is 33.1.